The van der Waals surface area contributed by atoms with Gasteiger partial charge in [-0.1, -0.05) is 56.2 Å². The van der Waals surface area contributed by atoms with Gasteiger partial charge in [0, 0.05) is 0 Å². The molecule has 0 N–H and O–H groups in total. The Labute approximate surface area is 154 Å². The zero-order chi connectivity index (χ0) is 17.7. The molecule has 1 aliphatic rings. The van der Waals surface area contributed by atoms with Crippen LogP contribution in [0.15, 0.2) is 42.5 Å². The maximum absolute atomic E-state index is 5.44. The van der Waals surface area contributed by atoms with Gasteiger partial charge in [0.15, 0.2) is 0 Å². The SMILES string of the molecule is CCCCC1CCC(/C=C/C#C/C=C/c2ccc(OCC)cc2)CC1. The second-order valence-electron chi connectivity index (χ2n) is 6.91. The van der Waals surface area contributed by atoms with Gasteiger partial charge in [-0.05, 0) is 80.4 Å². The van der Waals surface area contributed by atoms with Crippen molar-refractivity contribution >= 4 is 6.08 Å². The number of ether oxygens (including phenoxy) is 1. The van der Waals surface area contributed by atoms with Gasteiger partial charge in [-0.15, -0.1) is 0 Å². The fourth-order valence-corrected chi connectivity index (χ4v) is 3.42. The van der Waals surface area contributed by atoms with Gasteiger partial charge in [0.05, 0.1) is 6.61 Å². The summed E-state index contributed by atoms with van der Waals surface area (Å²) in [5.74, 6) is 8.87. The van der Waals surface area contributed by atoms with E-state index >= 15 is 0 Å². The molecule has 1 nitrogen and oxygen atoms in total. The molecule has 134 valence electrons. The predicted molar refractivity (Wildman–Crippen MR) is 109 cm³/mol. The van der Waals surface area contributed by atoms with E-state index in [9.17, 15) is 0 Å². The van der Waals surface area contributed by atoms with E-state index in [-0.39, 0.29) is 0 Å². The minimum atomic E-state index is 0.702. The standard InChI is InChI=1S/C24H32O/c1-3-5-10-21-13-15-22(16-14-21)11-8-6-7-9-12-23-17-19-24(20-18-23)25-4-2/h8-9,11-12,17-22H,3-5,10,13-16H2,1-2H3/b11-8+,12-9+. The molecule has 1 fully saturated rings. The van der Waals surface area contributed by atoms with Crippen LogP contribution in [0.3, 0.4) is 0 Å². The second-order valence-corrected chi connectivity index (χ2v) is 6.91. The normalized spacial score (nSPS) is 20.6. The van der Waals surface area contributed by atoms with Crippen LogP contribution in [-0.2, 0) is 0 Å². The molecule has 0 spiro atoms. The quantitative estimate of drug-likeness (QED) is 0.506. The minimum absolute atomic E-state index is 0.702. The van der Waals surface area contributed by atoms with Crippen LogP contribution in [-0.4, -0.2) is 6.61 Å². The Morgan fingerprint density at radius 1 is 1.00 bits per heavy atom. The molecule has 0 amide bonds. The van der Waals surface area contributed by atoms with Crippen LogP contribution in [0.2, 0.25) is 0 Å². The molecule has 0 unspecified atom stereocenters. The zero-order valence-corrected chi connectivity index (χ0v) is 15.8. The van der Waals surface area contributed by atoms with Crippen LogP contribution in [0.25, 0.3) is 6.08 Å². The molecule has 1 aromatic rings. The summed E-state index contributed by atoms with van der Waals surface area (Å²) in [4.78, 5) is 0. The molecule has 0 atom stereocenters. The van der Waals surface area contributed by atoms with Gasteiger partial charge < -0.3 is 4.74 Å². The van der Waals surface area contributed by atoms with E-state index in [2.05, 4.69) is 37.0 Å². The lowest BCUT2D eigenvalue weighted by Crippen LogP contribution is -2.12. The van der Waals surface area contributed by atoms with E-state index in [0.717, 1.165) is 23.1 Å². The van der Waals surface area contributed by atoms with Gasteiger partial charge in [0.25, 0.3) is 0 Å². The predicted octanol–water partition coefficient (Wildman–Crippen LogP) is 6.65. The van der Waals surface area contributed by atoms with Crippen molar-refractivity contribution in [2.45, 2.75) is 58.8 Å². The van der Waals surface area contributed by atoms with Crippen molar-refractivity contribution in [3.63, 3.8) is 0 Å². The topological polar surface area (TPSA) is 9.23 Å². The lowest BCUT2D eigenvalue weighted by molar-refractivity contribution is 0.291. The van der Waals surface area contributed by atoms with E-state index < -0.39 is 0 Å². The molecule has 0 aliphatic heterocycles. The largest absolute Gasteiger partial charge is 0.494 e. The summed E-state index contributed by atoms with van der Waals surface area (Å²) in [5, 5.41) is 0. The van der Waals surface area contributed by atoms with Crippen molar-refractivity contribution < 1.29 is 4.74 Å². The van der Waals surface area contributed by atoms with Crippen LogP contribution in [0, 0.1) is 23.7 Å². The molecule has 2 rings (SSSR count). The van der Waals surface area contributed by atoms with E-state index in [4.69, 9.17) is 4.74 Å². The average molecular weight is 337 g/mol. The Balaban J connectivity index is 1.70. The van der Waals surface area contributed by atoms with Crippen molar-refractivity contribution in [1.82, 2.24) is 0 Å². The van der Waals surface area contributed by atoms with E-state index in [1.807, 2.05) is 37.3 Å². The number of hydrogen-bond donors (Lipinski definition) is 0. The highest BCUT2D eigenvalue weighted by Crippen LogP contribution is 2.32. The first-order valence-electron chi connectivity index (χ1n) is 9.89. The molecule has 0 bridgehead atoms. The average Bonchev–Trinajstić information content (AvgIpc) is 2.65. The molecular weight excluding hydrogens is 304 g/mol. The molecule has 1 aromatic carbocycles. The van der Waals surface area contributed by atoms with Gasteiger partial charge >= 0.3 is 0 Å². The molecule has 1 saturated carbocycles. The minimum Gasteiger partial charge on any atom is -0.494 e. The van der Waals surface area contributed by atoms with E-state index in [1.54, 1.807) is 0 Å². The van der Waals surface area contributed by atoms with Crippen LogP contribution < -0.4 is 4.74 Å². The Hall–Kier alpha value is -1.94. The van der Waals surface area contributed by atoms with Crippen LogP contribution in [0.4, 0.5) is 0 Å². The van der Waals surface area contributed by atoms with Gasteiger partial charge in [-0.25, -0.2) is 0 Å². The summed E-state index contributed by atoms with van der Waals surface area (Å²) < 4.78 is 5.44. The third kappa shape index (κ3) is 7.65. The molecule has 25 heavy (non-hydrogen) atoms. The second kappa shape index (κ2) is 11.6. The summed E-state index contributed by atoms with van der Waals surface area (Å²) in [6.07, 6.45) is 18.0. The fraction of sp³-hybridized carbons (Fsp3) is 0.500. The Bertz CT molecular complexity index is 589. The number of benzene rings is 1. The smallest absolute Gasteiger partial charge is 0.119 e. The summed E-state index contributed by atoms with van der Waals surface area (Å²) >= 11 is 0. The highest BCUT2D eigenvalue weighted by atomic mass is 16.5. The Kier molecular flexibility index (Phi) is 8.98. The van der Waals surface area contributed by atoms with Gasteiger partial charge in [0.2, 0.25) is 0 Å². The number of allylic oxidation sites excluding steroid dienone is 3. The summed E-state index contributed by atoms with van der Waals surface area (Å²) in [5.41, 5.74) is 1.15. The lowest BCUT2D eigenvalue weighted by atomic mass is 9.80. The zero-order valence-electron chi connectivity index (χ0n) is 15.8. The highest BCUT2D eigenvalue weighted by molar-refractivity contribution is 5.54. The molecule has 0 saturated heterocycles. The highest BCUT2D eigenvalue weighted by Gasteiger charge is 2.18. The molecule has 0 radical (unpaired) electrons. The first-order chi connectivity index (χ1) is 12.3. The molecule has 1 aliphatic carbocycles. The monoisotopic (exact) mass is 336 g/mol. The van der Waals surface area contributed by atoms with Crippen molar-refractivity contribution in [2.75, 3.05) is 6.61 Å². The summed E-state index contributed by atoms with van der Waals surface area (Å²) in [6.45, 7) is 4.99. The van der Waals surface area contributed by atoms with Gasteiger partial charge in [-0.2, -0.15) is 0 Å². The molecule has 0 heterocycles. The van der Waals surface area contributed by atoms with Crippen molar-refractivity contribution in [3.8, 4) is 17.6 Å². The first kappa shape index (κ1) is 19.4. The fourth-order valence-electron chi connectivity index (χ4n) is 3.42. The maximum atomic E-state index is 5.44. The van der Waals surface area contributed by atoms with Crippen LogP contribution in [0.5, 0.6) is 5.75 Å². The van der Waals surface area contributed by atoms with Crippen molar-refractivity contribution in [3.05, 3.63) is 48.1 Å². The van der Waals surface area contributed by atoms with Crippen LogP contribution >= 0.6 is 0 Å². The maximum Gasteiger partial charge on any atom is 0.119 e. The molecule has 0 aromatic heterocycles. The summed E-state index contributed by atoms with van der Waals surface area (Å²) in [6, 6.07) is 8.09. The van der Waals surface area contributed by atoms with Crippen molar-refractivity contribution in [1.29, 1.82) is 0 Å². The number of hydrogen-bond acceptors (Lipinski definition) is 1. The van der Waals surface area contributed by atoms with Gasteiger partial charge in [0.1, 0.15) is 5.75 Å². The number of unbranched alkanes of at least 4 members (excludes halogenated alkanes) is 1. The Morgan fingerprint density at radius 3 is 2.40 bits per heavy atom. The van der Waals surface area contributed by atoms with Crippen LogP contribution in [0.1, 0.15) is 64.4 Å². The molecule has 1 heteroatoms. The third-order valence-electron chi connectivity index (χ3n) is 4.94. The third-order valence-corrected chi connectivity index (χ3v) is 4.94. The summed E-state index contributed by atoms with van der Waals surface area (Å²) in [7, 11) is 0. The number of rotatable bonds is 7. The first-order valence-corrected chi connectivity index (χ1v) is 9.89. The van der Waals surface area contributed by atoms with Gasteiger partial charge in [-0.3, -0.25) is 0 Å². The van der Waals surface area contributed by atoms with E-state index in [0.29, 0.717) is 6.61 Å². The van der Waals surface area contributed by atoms with E-state index in [1.165, 1.54) is 44.9 Å². The molecular formula is C24H32O. The Morgan fingerprint density at radius 2 is 1.72 bits per heavy atom. The lowest BCUT2D eigenvalue weighted by Gasteiger charge is -2.26. The van der Waals surface area contributed by atoms with Crippen molar-refractivity contribution in [2.24, 2.45) is 11.8 Å².